The predicted octanol–water partition coefficient (Wildman–Crippen LogP) is 4.05. The molecule has 2 unspecified atom stereocenters. The second-order valence-corrected chi connectivity index (χ2v) is 6.52. The van der Waals surface area contributed by atoms with Crippen LogP contribution in [0, 0.1) is 0 Å². The fourth-order valence-electron chi connectivity index (χ4n) is 3.52. The highest BCUT2D eigenvalue weighted by Gasteiger charge is 2.38. The van der Waals surface area contributed by atoms with Gasteiger partial charge in [0.2, 0.25) is 0 Å². The minimum absolute atomic E-state index is 0.186. The predicted molar refractivity (Wildman–Crippen MR) is 97.8 cm³/mol. The first kappa shape index (κ1) is 18.0. The highest BCUT2D eigenvalue weighted by atomic mass is 16.6. The molecule has 2 aromatic carbocycles. The first-order valence-electron chi connectivity index (χ1n) is 8.92. The Bertz CT molecular complexity index is 732. The largest absolute Gasteiger partial charge is 0.481 e. The summed E-state index contributed by atoms with van der Waals surface area (Å²) < 4.78 is 5.46. The molecule has 1 saturated heterocycles. The van der Waals surface area contributed by atoms with Crippen molar-refractivity contribution < 1.29 is 19.4 Å². The van der Waals surface area contributed by atoms with Crippen molar-refractivity contribution in [1.29, 1.82) is 0 Å². The smallest absolute Gasteiger partial charge is 0.410 e. The Hall–Kier alpha value is -2.82. The van der Waals surface area contributed by atoms with Crippen LogP contribution in [-0.4, -0.2) is 34.7 Å². The van der Waals surface area contributed by atoms with E-state index in [9.17, 15) is 14.7 Å². The molecule has 136 valence electrons. The van der Waals surface area contributed by atoms with Crippen molar-refractivity contribution in [2.75, 3.05) is 6.54 Å². The second-order valence-electron chi connectivity index (χ2n) is 6.52. The average Bonchev–Trinajstić information content (AvgIpc) is 2.68. The normalized spacial score (nSPS) is 18.2. The number of benzene rings is 2. The third-order valence-electron chi connectivity index (χ3n) is 4.80. The van der Waals surface area contributed by atoms with E-state index >= 15 is 0 Å². The average molecular weight is 353 g/mol. The van der Waals surface area contributed by atoms with Gasteiger partial charge < -0.3 is 14.7 Å². The number of hydrogen-bond acceptors (Lipinski definition) is 3. The maximum absolute atomic E-state index is 12.7. The molecular formula is C21H23NO4. The van der Waals surface area contributed by atoms with Crippen LogP contribution in [0.5, 0.6) is 0 Å². The molecule has 0 bridgehead atoms. The van der Waals surface area contributed by atoms with Gasteiger partial charge in [0.25, 0.3) is 0 Å². The van der Waals surface area contributed by atoms with Crippen LogP contribution in [0.15, 0.2) is 60.7 Å². The van der Waals surface area contributed by atoms with E-state index in [4.69, 9.17) is 4.74 Å². The maximum atomic E-state index is 12.7. The fourth-order valence-corrected chi connectivity index (χ4v) is 3.52. The number of carbonyl (C=O) groups is 2. The standard InChI is InChI=1S/C21H23NO4/c23-20(24)19(17-11-5-2-6-12-17)18-13-7-8-14-22(18)21(25)26-15-16-9-3-1-4-10-16/h1-6,9-12,18-19H,7-8,13-15H2,(H,23,24). The molecule has 5 heteroatoms. The van der Waals surface area contributed by atoms with Gasteiger partial charge in [-0.15, -0.1) is 0 Å². The van der Waals surface area contributed by atoms with Gasteiger partial charge in [-0.3, -0.25) is 4.79 Å². The number of carboxylic acid groups (broad SMARTS) is 1. The molecule has 1 N–H and O–H groups in total. The zero-order chi connectivity index (χ0) is 18.4. The van der Waals surface area contributed by atoms with Crippen molar-refractivity contribution in [1.82, 2.24) is 4.90 Å². The Morgan fingerprint density at radius 2 is 1.69 bits per heavy atom. The van der Waals surface area contributed by atoms with E-state index in [0.29, 0.717) is 18.5 Å². The lowest BCUT2D eigenvalue weighted by molar-refractivity contribution is -0.140. The number of hydrogen-bond donors (Lipinski definition) is 1. The van der Waals surface area contributed by atoms with Crippen molar-refractivity contribution in [3.05, 3.63) is 71.8 Å². The number of amides is 1. The molecule has 1 aliphatic rings. The minimum Gasteiger partial charge on any atom is -0.481 e. The Labute approximate surface area is 153 Å². The molecule has 26 heavy (non-hydrogen) atoms. The first-order valence-corrected chi connectivity index (χ1v) is 8.92. The van der Waals surface area contributed by atoms with Crippen LogP contribution in [0.3, 0.4) is 0 Å². The molecule has 1 fully saturated rings. The van der Waals surface area contributed by atoms with Gasteiger partial charge in [0.1, 0.15) is 12.5 Å². The summed E-state index contributed by atoms with van der Waals surface area (Å²) in [6.45, 7) is 0.709. The number of rotatable bonds is 5. The van der Waals surface area contributed by atoms with E-state index in [1.807, 2.05) is 48.5 Å². The van der Waals surface area contributed by atoms with Crippen LogP contribution in [-0.2, 0) is 16.1 Å². The molecule has 1 heterocycles. The Morgan fingerprint density at radius 1 is 1.04 bits per heavy atom. The van der Waals surface area contributed by atoms with Gasteiger partial charge in [-0.25, -0.2) is 4.79 Å². The Morgan fingerprint density at radius 3 is 2.35 bits per heavy atom. The minimum atomic E-state index is -0.913. The quantitative estimate of drug-likeness (QED) is 0.881. The molecule has 0 radical (unpaired) electrons. The number of carboxylic acids is 1. The molecule has 3 rings (SSSR count). The molecule has 0 aliphatic carbocycles. The monoisotopic (exact) mass is 353 g/mol. The SMILES string of the molecule is O=C(O)C(c1ccccc1)C1CCCCN1C(=O)OCc1ccccc1. The number of carbonyl (C=O) groups excluding carboxylic acids is 1. The first-order chi connectivity index (χ1) is 12.7. The summed E-state index contributed by atoms with van der Waals surface area (Å²) in [6.07, 6.45) is 1.98. The van der Waals surface area contributed by atoms with Gasteiger partial charge in [0, 0.05) is 6.54 Å². The highest BCUT2D eigenvalue weighted by molar-refractivity contribution is 5.79. The van der Waals surface area contributed by atoms with Gasteiger partial charge in [-0.2, -0.15) is 0 Å². The van der Waals surface area contributed by atoms with E-state index in [2.05, 4.69) is 0 Å². The molecule has 2 atom stereocenters. The van der Waals surface area contributed by atoms with Gasteiger partial charge >= 0.3 is 12.1 Å². The van der Waals surface area contributed by atoms with E-state index in [-0.39, 0.29) is 6.61 Å². The van der Waals surface area contributed by atoms with E-state index in [1.165, 1.54) is 0 Å². The van der Waals surface area contributed by atoms with Crippen molar-refractivity contribution in [3.8, 4) is 0 Å². The summed E-state index contributed by atoms with van der Waals surface area (Å²) in [7, 11) is 0. The van der Waals surface area contributed by atoms with Crippen LogP contribution < -0.4 is 0 Å². The summed E-state index contributed by atoms with van der Waals surface area (Å²) in [4.78, 5) is 26.2. The van der Waals surface area contributed by atoms with Crippen LogP contribution in [0.4, 0.5) is 4.79 Å². The van der Waals surface area contributed by atoms with Crippen LogP contribution >= 0.6 is 0 Å². The molecule has 2 aromatic rings. The zero-order valence-electron chi connectivity index (χ0n) is 14.6. The summed E-state index contributed by atoms with van der Waals surface area (Å²) in [5.74, 6) is -1.66. The van der Waals surface area contributed by atoms with Crippen molar-refractivity contribution in [2.24, 2.45) is 0 Å². The lowest BCUT2D eigenvalue weighted by atomic mass is 9.85. The molecule has 0 saturated carbocycles. The fraction of sp³-hybridized carbons (Fsp3) is 0.333. The van der Waals surface area contributed by atoms with E-state index in [0.717, 1.165) is 18.4 Å². The van der Waals surface area contributed by atoms with E-state index < -0.39 is 24.0 Å². The lowest BCUT2D eigenvalue weighted by Crippen LogP contribution is -2.48. The number of likely N-dealkylation sites (tertiary alicyclic amines) is 1. The van der Waals surface area contributed by atoms with Crippen LogP contribution in [0.25, 0.3) is 0 Å². The second kappa shape index (κ2) is 8.52. The number of nitrogens with zero attached hydrogens (tertiary/aromatic N) is 1. The van der Waals surface area contributed by atoms with Gasteiger partial charge in [0.05, 0.1) is 6.04 Å². The number of piperidine rings is 1. The maximum Gasteiger partial charge on any atom is 0.410 e. The molecule has 0 aromatic heterocycles. The summed E-state index contributed by atoms with van der Waals surface area (Å²) in [5, 5.41) is 9.81. The van der Waals surface area contributed by atoms with Crippen molar-refractivity contribution in [3.63, 3.8) is 0 Å². The van der Waals surface area contributed by atoms with Gasteiger partial charge in [0.15, 0.2) is 0 Å². The van der Waals surface area contributed by atoms with Gasteiger partial charge in [-0.05, 0) is 30.4 Å². The Kier molecular flexibility index (Phi) is 5.89. The topological polar surface area (TPSA) is 66.8 Å². The van der Waals surface area contributed by atoms with Gasteiger partial charge in [-0.1, -0.05) is 60.7 Å². The van der Waals surface area contributed by atoms with Crippen molar-refractivity contribution in [2.45, 2.75) is 37.8 Å². The number of ether oxygens (including phenoxy) is 1. The third kappa shape index (κ3) is 4.23. The summed E-state index contributed by atoms with van der Waals surface area (Å²) >= 11 is 0. The highest BCUT2D eigenvalue weighted by Crippen LogP contribution is 2.31. The van der Waals surface area contributed by atoms with Crippen molar-refractivity contribution >= 4 is 12.1 Å². The van der Waals surface area contributed by atoms with Crippen LogP contribution in [0.1, 0.15) is 36.3 Å². The van der Waals surface area contributed by atoms with Crippen LogP contribution in [0.2, 0.25) is 0 Å². The molecule has 1 aliphatic heterocycles. The molecular weight excluding hydrogens is 330 g/mol. The zero-order valence-corrected chi connectivity index (χ0v) is 14.6. The molecule has 0 spiro atoms. The summed E-state index contributed by atoms with van der Waals surface area (Å²) in [6, 6.07) is 18.2. The molecule has 1 amide bonds. The lowest BCUT2D eigenvalue weighted by Gasteiger charge is -2.38. The third-order valence-corrected chi connectivity index (χ3v) is 4.80. The van der Waals surface area contributed by atoms with E-state index in [1.54, 1.807) is 17.0 Å². The molecule has 5 nitrogen and oxygen atoms in total. The number of aliphatic carboxylic acids is 1. The summed E-state index contributed by atoms with van der Waals surface area (Å²) in [5.41, 5.74) is 1.63. The Balaban J connectivity index is 1.75.